The molecule has 21 heavy (non-hydrogen) atoms. The van der Waals surface area contributed by atoms with E-state index in [0.717, 1.165) is 11.1 Å². The van der Waals surface area contributed by atoms with Crippen LogP contribution >= 0.6 is 11.6 Å². The smallest absolute Gasteiger partial charge is 0.188 e. The molecule has 2 aromatic rings. The van der Waals surface area contributed by atoms with Crippen molar-refractivity contribution in [2.45, 2.75) is 0 Å². The van der Waals surface area contributed by atoms with Crippen molar-refractivity contribution in [3.63, 3.8) is 0 Å². The molecular formula is C17H14ClNO2. The summed E-state index contributed by atoms with van der Waals surface area (Å²) in [6.45, 7) is 0.167. The lowest BCUT2D eigenvalue weighted by atomic mass is 10.1. The zero-order chi connectivity index (χ0) is 15.1. The maximum absolute atomic E-state index is 8.75. The highest BCUT2D eigenvalue weighted by molar-refractivity contribution is 6.32. The van der Waals surface area contributed by atoms with Crippen LogP contribution in [0.3, 0.4) is 0 Å². The minimum atomic E-state index is 0.167. The van der Waals surface area contributed by atoms with Crippen LogP contribution in [0.1, 0.15) is 16.7 Å². The van der Waals surface area contributed by atoms with Gasteiger partial charge in [0.15, 0.2) is 6.79 Å². The fourth-order valence-corrected chi connectivity index (χ4v) is 1.96. The molecule has 0 bridgehead atoms. The SMILES string of the molecule is COCOc1ccc(C=Cc2ccc(C#N)cc2)cc1Cl. The number of halogens is 1. The molecule has 0 amide bonds. The van der Waals surface area contributed by atoms with Crippen molar-refractivity contribution in [2.24, 2.45) is 0 Å². The Balaban J connectivity index is 2.10. The van der Waals surface area contributed by atoms with Gasteiger partial charge in [-0.1, -0.05) is 42.0 Å². The topological polar surface area (TPSA) is 42.2 Å². The number of rotatable bonds is 5. The van der Waals surface area contributed by atoms with E-state index < -0.39 is 0 Å². The summed E-state index contributed by atoms with van der Waals surface area (Å²) in [5.41, 5.74) is 2.63. The molecule has 0 aliphatic rings. The van der Waals surface area contributed by atoms with E-state index in [1.807, 2.05) is 36.4 Å². The lowest BCUT2D eigenvalue weighted by molar-refractivity contribution is 0.0512. The summed E-state index contributed by atoms with van der Waals surface area (Å²) in [5.74, 6) is 0.592. The molecule has 0 radical (unpaired) electrons. The number of nitrogens with zero attached hydrogens (tertiary/aromatic N) is 1. The zero-order valence-corrected chi connectivity index (χ0v) is 12.3. The van der Waals surface area contributed by atoms with Gasteiger partial charge in [0.25, 0.3) is 0 Å². The Labute approximate surface area is 129 Å². The molecule has 0 saturated heterocycles. The van der Waals surface area contributed by atoms with E-state index in [0.29, 0.717) is 16.3 Å². The summed E-state index contributed by atoms with van der Waals surface area (Å²) in [5, 5.41) is 9.29. The first-order chi connectivity index (χ1) is 10.2. The van der Waals surface area contributed by atoms with Crippen LogP contribution < -0.4 is 4.74 Å². The average molecular weight is 300 g/mol. The first-order valence-electron chi connectivity index (χ1n) is 6.32. The van der Waals surface area contributed by atoms with Crippen molar-refractivity contribution in [3.8, 4) is 11.8 Å². The standard InChI is InChI=1S/C17H14ClNO2/c1-20-12-21-17-9-8-14(10-16(17)18)5-2-13-3-6-15(11-19)7-4-13/h2-10H,12H2,1H3. The molecule has 0 spiro atoms. The van der Waals surface area contributed by atoms with Crippen LogP contribution in [0, 0.1) is 11.3 Å². The van der Waals surface area contributed by atoms with Crippen LogP contribution in [-0.4, -0.2) is 13.9 Å². The van der Waals surface area contributed by atoms with Crippen molar-refractivity contribution in [1.29, 1.82) is 5.26 Å². The summed E-state index contributed by atoms with van der Waals surface area (Å²) in [7, 11) is 1.56. The molecule has 0 fully saturated rings. The number of methoxy groups -OCH3 is 1. The van der Waals surface area contributed by atoms with Crippen molar-refractivity contribution < 1.29 is 9.47 Å². The van der Waals surface area contributed by atoms with E-state index in [4.69, 9.17) is 26.3 Å². The quantitative estimate of drug-likeness (QED) is 0.608. The molecule has 3 nitrogen and oxygen atoms in total. The molecule has 0 saturated carbocycles. The Morgan fingerprint density at radius 3 is 2.38 bits per heavy atom. The Morgan fingerprint density at radius 1 is 1.10 bits per heavy atom. The molecule has 106 valence electrons. The highest BCUT2D eigenvalue weighted by atomic mass is 35.5. The second kappa shape index (κ2) is 7.49. The number of ether oxygens (including phenoxy) is 2. The summed E-state index contributed by atoms with van der Waals surface area (Å²) in [4.78, 5) is 0. The van der Waals surface area contributed by atoms with Crippen LogP contribution in [0.5, 0.6) is 5.75 Å². The average Bonchev–Trinajstić information content (AvgIpc) is 2.52. The Kier molecular flexibility index (Phi) is 5.39. The van der Waals surface area contributed by atoms with Crippen molar-refractivity contribution in [2.75, 3.05) is 13.9 Å². The number of hydrogen-bond acceptors (Lipinski definition) is 3. The minimum absolute atomic E-state index is 0.167. The van der Waals surface area contributed by atoms with Gasteiger partial charge < -0.3 is 9.47 Å². The summed E-state index contributed by atoms with van der Waals surface area (Å²) >= 11 is 6.14. The van der Waals surface area contributed by atoms with Gasteiger partial charge in [-0.3, -0.25) is 0 Å². The number of benzene rings is 2. The van der Waals surface area contributed by atoms with Crippen molar-refractivity contribution in [1.82, 2.24) is 0 Å². The van der Waals surface area contributed by atoms with Gasteiger partial charge in [0.05, 0.1) is 16.7 Å². The van der Waals surface area contributed by atoms with Crippen LogP contribution in [-0.2, 0) is 4.74 Å². The van der Waals surface area contributed by atoms with Gasteiger partial charge in [0.1, 0.15) is 5.75 Å². The summed E-state index contributed by atoms with van der Waals surface area (Å²) in [6.07, 6.45) is 3.91. The molecular weight excluding hydrogens is 286 g/mol. The highest BCUT2D eigenvalue weighted by Crippen LogP contribution is 2.26. The van der Waals surface area contributed by atoms with E-state index in [1.54, 1.807) is 25.3 Å². The van der Waals surface area contributed by atoms with Crippen LogP contribution in [0.15, 0.2) is 42.5 Å². The lowest BCUT2D eigenvalue weighted by Gasteiger charge is -2.07. The van der Waals surface area contributed by atoms with Gasteiger partial charge >= 0.3 is 0 Å². The molecule has 4 heteroatoms. The number of nitriles is 1. The molecule has 0 aliphatic heterocycles. The Hall–Kier alpha value is -2.28. The van der Waals surface area contributed by atoms with Crippen molar-refractivity contribution in [3.05, 3.63) is 64.2 Å². The van der Waals surface area contributed by atoms with E-state index >= 15 is 0 Å². The normalized spacial score (nSPS) is 10.5. The molecule has 0 unspecified atom stereocenters. The minimum Gasteiger partial charge on any atom is -0.466 e. The molecule has 0 aliphatic carbocycles. The maximum Gasteiger partial charge on any atom is 0.188 e. The van der Waals surface area contributed by atoms with E-state index in [-0.39, 0.29) is 6.79 Å². The first kappa shape index (κ1) is 15.1. The molecule has 2 aromatic carbocycles. The van der Waals surface area contributed by atoms with Gasteiger partial charge in [-0.15, -0.1) is 0 Å². The predicted octanol–water partition coefficient (Wildman–Crippen LogP) is 4.36. The zero-order valence-electron chi connectivity index (χ0n) is 11.5. The van der Waals surface area contributed by atoms with Crippen molar-refractivity contribution >= 4 is 23.8 Å². The number of hydrogen-bond donors (Lipinski definition) is 0. The van der Waals surface area contributed by atoms with Gasteiger partial charge in [0, 0.05) is 7.11 Å². The molecule has 2 rings (SSSR count). The lowest BCUT2D eigenvalue weighted by Crippen LogP contribution is -1.99. The second-order valence-corrected chi connectivity index (χ2v) is 4.72. The second-order valence-electron chi connectivity index (χ2n) is 4.31. The molecule has 0 aromatic heterocycles. The van der Waals surface area contributed by atoms with E-state index in [1.165, 1.54) is 0 Å². The molecule has 0 atom stereocenters. The molecule has 0 heterocycles. The third kappa shape index (κ3) is 4.35. The van der Waals surface area contributed by atoms with Gasteiger partial charge in [-0.05, 0) is 35.4 Å². The van der Waals surface area contributed by atoms with Gasteiger partial charge in [0.2, 0.25) is 0 Å². The largest absolute Gasteiger partial charge is 0.466 e. The van der Waals surface area contributed by atoms with E-state index in [9.17, 15) is 0 Å². The first-order valence-corrected chi connectivity index (χ1v) is 6.70. The van der Waals surface area contributed by atoms with E-state index in [2.05, 4.69) is 6.07 Å². The Morgan fingerprint density at radius 2 is 1.76 bits per heavy atom. The van der Waals surface area contributed by atoms with Gasteiger partial charge in [-0.25, -0.2) is 0 Å². The predicted molar refractivity (Wildman–Crippen MR) is 84.0 cm³/mol. The monoisotopic (exact) mass is 299 g/mol. The Bertz CT molecular complexity index is 672. The highest BCUT2D eigenvalue weighted by Gasteiger charge is 2.01. The van der Waals surface area contributed by atoms with Crippen LogP contribution in [0.4, 0.5) is 0 Å². The third-order valence-corrected chi connectivity index (χ3v) is 3.09. The van der Waals surface area contributed by atoms with Crippen LogP contribution in [0.25, 0.3) is 12.2 Å². The molecule has 0 N–H and O–H groups in total. The maximum atomic E-state index is 8.75. The fraction of sp³-hybridized carbons (Fsp3) is 0.118. The fourth-order valence-electron chi connectivity index (χ4n) is 1.72. The van der Waals surface area contributed by atoms with Crippen LogP contribution in [0.2, 0.25) is 5.02 Å². The summed E-state index contributed by atoms with van der Waals surface area (Å²) < 4.78 is 10.2. The van der Waals surface area contributed by atoms with Gasteiger partial charge in [-0.2, -0.15) is 5.26 Å². The third-order valence-electron chi connectivity index (χ3n) is 2.80. The summed E-state index contributed by atoms with van der Waals surface area (Å²) in [6, 6.07) is 15.0.